The number of aromatic nitrogens is 2. The van der Waals surface area contributed by atoms with E-state index < -0.39 is 0 Å². The fourth-order valence-electron chi connectivity index (χ4n) is 2.88. The van der Waals surface area contributed by atoms with Crippen molar-refractivity contribution in [3.8, 4) is 11.3 Å². The van der Waals surface area contributed by atoms with Gasteiger partial charge in [-0.2, -0.15) is 0 Å². The minimum absolute atomic E-state index is 0.136. The van der Waals surface area contributed by atoms with Crippen molar-refractivity contribution in [2.24, 2.45) is 0 Å². The van der Waals surface area contributed by atoms with Crippen molar-refractivity contribution in [2.45, 2.75) is 13.0 Å². The lowest BCUT2D eigenvalue weighted by Crippen LogP contribution is -2.26. The second-order valence-electron chi connectivity index (χ2n) is 6.09. The van der Waals surface area contributed by atoms with Crippen LogP contribution in [0.1, 0.15) is 28.9 Å². The Kier molecular flexibility index (Phi) is 4.19. The summed E-state index contributed by atoms with van der Waals surface area (Å²) in [5, 5.41) is 7.91. The Bertz CT molecular complexity index is 1040. The molecule has 2 aromatic heterocycles. The monoisotopic (exact) mass is 343 g/mol. The zero-order valence-electron chi connectivity index (χ0n) is 14.2. The molecule has 2 heterocycles. The van der Waals surface area contributed by atoms with E-state index in [9.17, 15) is 4.79 Å². The SMILES string of the molecule is CC(NC(=O)c1ccc2noc(-c3ccccc3)c2c1)c1cccnc1. The summed E-state index contributed by atoms with van der Waals surface area (Å²) in [7, 11) is 0. The van der Waals surface area contributed by atoms with Gasteiger partial charge in [-0.05, 0) is 36.8 Å². The van der Waals surface area contributed by atoms with Crippen molar-refractivity contribution < 1.29 is 9.32 Å². The average Bonchev–Trinajstić information content (AvgIpc) is 3.12. The zero-order valence-corrected chi connectivity index (χ0v) is 14.2. The van der Waals surface area contributed by atoms with Crippen molar-refractivity contribution in [2.75, 3.05) is 0 Å². The highest BCUT2D eigenvalue weighted by Gasteiger charge is 2.15. The van der Waals surface area contributed by atoms with Crippen LogP contribution in [-0.4, -0.2) is 16.0 Å². The van der Waals surface area contributed by atoms with Gasteiger partial charge in [-0.15, -0.1) is 0 Å². The molecule has 0 saturated heterocycles. The highest BCUT2D eigenvalue weighted by Crippen LogP contribution is 2.29. The first kappa shape index (κ1) is 16.0. The number of pyridine rings is 1. The molecule has 0 bridgehead atoms. The standard InChI is InChI=1S/C21H17N3O2/c1-14(17-8-5-11-22-13-17)23-21(25)16-9-10-19-18(12-16)20(26-24-19)15-6-3-2-4-7-15/h2-14H,1H3,(H,23,25). The fourth-order valence-corrected chi connectivity index (χ4v) is 2.88. The molecule has 0 fully saturated rings. The van der Waals surface area contributed by atoms with E-state index in [1.165, 1.54) is 0 Å². The highest BCUT2D eigenvalue weighted by molar-refractivity contribution is 6.01. The molecule has 5 nitrogen and oxygen atoms in total. The number of hydrogen-bond donors (Lipinski definition) is 1. The van der Waals surface area contributed by atoms with Gasteiger partial charge in [-0.1, -0.05) is 41.6 Å². The van der Waals surface area contributed by atoms with Crippen LogP contribution in [0.3, 0.4) is 0 Å². The summed E-state index contributed by atoms with van der Waals surface area (Å²) in [4.78, 5) is 16.8. The normalized spacial score (nSPS) is 12.0. The number of benzene rings is 2. The lowest BCUT2D eigenvalue weighted by molar-refractivity contribution is 0.0940. The van der Waals surface area contributed by atoms with Gasteiger partial charge in [-0.25, -0.2) is 0 Å². The fraction of sp³-hybridized carbons (Fsp3) is 0.0952. The Morgan fingerprint density at radius 1 is 1.08 bits per heavy atom. The maximum atomic E-state index is 12.7. The van der Waals surface area contributed by atoms with Gasteiger partial charge in [0.15, 0.2) is 5.76 Å². The van der Waals surface area contributed by atoms with Crippen LogP contribution in [0.5, 0.6) is 0 Å². The van der Waals surface area contributed by atoms with Gasteiger partial charge >= 0.3 is 0 Å². The Hall–Kier alpha value is -3.47. The molecule has 1 unspecified atom stereocenters. The maximum absolute atomic E-state index is 12.7. The van der Waals surface area contributed by atoms with Crippen LogP contribution in [0.25, 0.3) is 22.2 Å². The van der Waals surface area contributed by atoms with E-state index in [4.69, 9.17) is 4.52 Å². The van der Waals surface area contributed by atoms with E-state index in [1.807, 2.05) is 55.5 Å². The third-order valence-corrected chi connectivity index (χ3v) is 4.31. The summed E-state index contributed by atoms with van der Waals surface area (Å²) in [6.07, 6.45) is 3.46. The number of rotatable bonds is 4. The highest BCUT2D eigenvalue weighted by atomic mass is 16.5. The zero-order chi connectivity index (χ0) is 17.9. The van der Waals surface area contributed by atoms with E-state index in [0.717, 1.165) is 22.0 Å². The summed E-state index contributed by atoms with van der Waals surface area (Å²) in [6.45, 7) is 1.93. The van der Waals surface area contributed by atoms with Crippen LogP contribution in [-0.2, 0) is 0 Å². The van der Waals surface area contributed by atoms with E-state index in [1.54, 1.807) is 24.5 Å². The lowest BCUT2D eigenvalue weighted by atomic mass is 10.1. The van der Waals surface area contributed by atoms with Crippen LogP contribution in [0.4, 0.5) is 0 Å². The average molecular weight is 343 g/mol. The van der Waals surface area contributed by atoms with Crippen LogP contribution in [0, 0.1) is 0 Å². The first-order valence-electron chi connectivity index (χ1n) is 8.38. The number of carbonyl (C=O) groups is 1. The quantitative estimate of drug-likeness (QED) is 0.597. The van der Waals surface area contributed by atoms with Crippen molar-refractivity contribution in [1.82, 2.24) is 15.5 Å². The van der Waals surface area contributed by atoms with Gasteiger partial charge in [0.05, 0.1) is 11.4 Å². The van der Waals surface area contributed by atoms with Crippen molar-refractivity contribution in [3.05, 3.63) is 84.2 Å². The van der Waals surface area contributed by atoms with Crippen LogP contribution in [0.2, 0.25) is 0 Å². The first-order valence-corrected chi connectivity index (χ1v) is 8.38. The minimum atomic E-state index is -0.150. The van der Waals surface area contributed by atoms with Crippen molar-refractivity contribution in [3.63, 3.8) is 0 Å². The molecule has 0 aliphatic carbocycles. The maximum Gasteiger partial charge on any atom is 0.251 e. The largest absolute Gasteiger partial charge is 0.355 e. The molecule has 0 spiro atoms. The van der Waals surface area contributed by atoms with Crippen molar-refractivity contribution >= 4 is 16.8 Å². The predicted octanol–water partition coefficient (Wildman–Crippen LogP) is 4.38. The molecule has 0 aliphatic rings. The predicted molar refractivity (Wildman–Crippen MR) is 99.6 cm³/mol. The lowest BCUT2D eigenvalue weighted by Gasteiger charge is -2.13. The van der Waals surface area contributed by atoms with Gasteiger partial charge in [-0.3, -0.25) is 9.78 Å². The smallest absolute Gasteiger partial charge is 0.251 e. The molecule has 1 atom stereocenters. The Morgan fingerprint density at radius 2 is 1.92 bits per heavy atom. The number of nitrogens with zero attached hydrogens (tertiary/aromatic N) is 2. The van der Waals surface area contributed by atoms with Gasteiger partial charge in [0, 0.05) is 23.5 Å². The molecule has 0 saturated carbocycles. The summed E-state index contributed by atoms with van der Waals surface area (Å²) < 4.78 is 5.50. The van der Waals surface area contributed by atoms with E-state index in [0.29, 0.717) is 11.3 Å². The molecule has 0 radical (unpaired) electrons. The first-order chi connectivity index (χ1) is 12.7. The Balaban J connectivity index is 1.64. The van der Waals surface area contributed by atoms with Crippen LogP contribution in [0.15, 0.2) is 77.6 Å². The van der Waals surface area contributed by atoms with Crippen LogP contribution < -0.4 is 5.32 Å². The van der Waals surface area contributed by atoms with E-state index >= 15 is 0 Å². The molecular weight excluding hydrogens is 326 g/mol. The summed E-state index contributed by atoms with van der Waals surface area (Å²) >= 11 is 0. The van der Waals surface area contributed by atoms with Gasteiger partial charge in [0.2, 0.25) is 0 Å². The van der Waals surface area contributed by atoms with Gasteiger partial charge in [0.1, 0.15) is 5.52 Å². The molecule has 1 N–H and O–H groups in total. The number of hydrogen-bond acceptors (Lipinski definition) is 4. The number of amides is 1. The topological polar surface area (TPSA) is 68.0 Å². The molecule has 0 aliphatic heterocycles. The molecule has 1 amide bonds. The number of fused-ring (bicyclic) bond motifs is 1. The molecule has 26 heavy (non-hydrogen) atoms. The molecule has 4 aromatic rings. The summed E-state index contributed by atoms with van der Waals surface area (Å²) in [5.41, 5.74) is 3.17. The molecule has 4 rings (SSSR count). The Morgan fingerprint density at radius 3 is 2.69 bits per heavy atom. The second kappa shape index (κ2) is 6.80. The third kappa shape index (κ3) is 3.07. The molecule has 128 valence electrons. The van der Waals surface area contributed by atoms with E-state index in [2.05, 4.69) is 15.5 Å². The third-order valence-electron chi connectivity index (χ3n) is 4.31. The number of carbonyl (C=O) groups excluding carboxylic acids is 1. The minimum Gasteiger partial charge on any atom is -0.355 e. The summed E-state index contributed by atoms with van der Waals surface area (Å²) in [5.74, 6) is 0.513. The summed E-state index contributed by atoms with van der Waals surface area (Å²) in [6, 6.07) is 18.8. The van der Waals surface area contributed by atoms with Crippen molar-refractivity contribution in [1.29, 1.82) is 0 Å². The number of nitrogens with one attached hydrogen (secondary N) is 1. The molecule has 2 aromatic carbocycles. The van der Waals surface area contributed by atoms with Crippen LogP contribution >= 0.6 is 0 Å². The molecule has 5 heteroatoms. The second-order valence-corrected chi connectivity index (χ2v) is 6.09. The van der Waals surface area contributed by atoms with Gasteiger partial charge in [0.25, 0.3) is 5.91 Å². The molecular formula is C21H17N3O2. The van der Waals surface area contributed by atoms with E-state index in [-0.39, 0.29) is 11.9 Å². The Labute approximate surface area is 150 Å². The van der Waals surface area contributed by atoms with Gasteiger partial charge < -0.3 is 9.84 Å².